The lowest BCUT2D eigenvalue weighted by Crippen LogP contribution is -2.55. The van der Waals surface area contributed by atoms with Crippen molar-refractivity contribution in [3.63, 3.8) is 0 Å². The Kier molecular flexibility index (Phi) is 10.4. The molecule has 6 rings (SSSR count). The van der Waals surface area contributed by atoms with Gasteiger partial charge in [0.15, 0.2) is 0 Å². The fourth-order valence-corrected chi connectivity index (χ4v) is 9.29. The van der Waals surface area contributed by atoms with Crippen LogP contribution in [0.1, 0.15) is 87.7 Å². The van der Waals surface area contributed by atoms with Gasteiger partial charge >= 0.3 is 7.82 Å². The Morgan fingerprint density at radius 1 is 0.808 bits per heavy atom. The van der Waals surface area contributed by atoms with Gasteiger partial charge in [0.1, 0.15) is 34.9 Å². The molecule has 2 aromatic rings. The smallest absolute Gasteiger partial charge is 0.472 e. The monoisotopic (exact) mass is 757 g/mol. The summed E-state index contributed by atoms with van der Waals surface area (Å²) in [6, 6.07) is 11.7. The first-order chi connectivity index (χ1) is 24.4. The summed E-state index contributed by atoms with van der Waals surface area (Å²) in [7, 11) is -10.2. The molecule has 0 aliphatic carbocycles. The number of phosphoric ester groups is 2. The molecule has 4 aliphatic rings. The van der Waals surface area contributed by atoms with Crippen molar-refractivity contribution in [2.75, 3.05) is 26.3 Å². The van der Waals surface area contributed by atoms with Crippen LogP contribution in [0.3, 0.4) is 0 Å². The average molecular weight is 758 g/mol. The highest BCUT2D eigenvalue weighted by Crippen LogP contribution is 2.55. The molecule has 2 unspecified atom stereocenters. The van der Waals surface area contributed by atoms with Gasteiger partial charge in [-0.2, -0.15) is 10.5 Å². The Morgan fingerprint density at radius 3 is 1.67 bits per heavy atom. The quantitative estimate of drug-likeness (QED) is 0.251. The molecular formula is C34H39N4O12P2-. The normalized spacial score (nSPS) is 26.9. The summed E-state index contributed by atoms with van der Waals surface area (Å²) >= 11 is 0. The first kappa shape index (κ1) is 37.9. The molecule has 0 spiro atoms. The van der Waals surface area contributed by atoms with Crippen LogP contribution < -0.4 is 14.4 Å². The minimum atomic E-state index is -5.20. The minimum absolute atomic E-state index is 0.199. The fraction of sp³-hybridized carbons (Fsp3) is 0.529. The lowest BCUT2D eigenvalue weighted by Gasteiger charge is -2.48. The van der Waals surface area contributed by atoms with E-state index >= 15 is 0 Å². The van der Waals surface area contributed by atoms with E-state index in [-0.39, 0.29) is 30.2 Å². The Balaban J connectivity index is 1.15. The molecule has 18 heteroatoms. The maximum Gasteiger partial charge on any atom is 0.472 e. The van der Waals surface area contributed by atoms with Crippen LogP contribution in [-0.2, 0) is 36.8 Å². The van der Waals surface area contributed by atoms with E-state index in [1.54, 1.807) is 58.0 Å². The molecule has 4 aliphatic heterocycles. The minimum Gasteiger partial charge on any atom is -0.756 e. The third-order valence-electron chi connectivity index (χ3n) is 9.57. The summed E-state index contributed by atoms with van der Waals surface area (Å²) in [6.45, 7) is 5.66. The molecular weight excluding hydrogens is 718 g/mol. The van der Waals surface area contributed by atoms with Crippen LogP contribution in [0.15, 0.2) is 36.4 Å². The number of carbonyl (C=O) groups excluding carboxylic acids is 2. The van der Waals surface area contributed by atoms with Gasteiger partial charge in [0.25, 0.3) is 7.82 Å². The van der Waals surface area contributed by atoms with Crippen molar-refractivity contribution in [1.82, 2.24) is 9.80 Å². The number of fused-ring (bicyclic) bond motifs is 2. The number of likely N-dealkylation sites (tertiary alicyclic amines) is 2. The van der Waals surface area contributed by atoms with Crippen molar-refractivity contribution in [2.24, 2.45) is 0 Å². The van der Waals surface area contributed by atoms with E-state index in [4.69, 9.17) is 27.6 Å². The Labute approximate surface area is 300 Å². The van der Waals surface area contributed by atoms with Crippen molar-refractivity contribution >= 4 is 27.5 Å². The van der Waals surface area contributed by atoms with Crippen LogP contribution >= 0.6 is 15.6 Å². The third-order valence-corrected chi connectivity index (χ3v) is 11.6. The molecule has 4 heterocycles. The van der Waals surface area contributed by atoms with Crippen molar-refractivity contribution in [1.29, 1.82) is 10.5 Å². The zero-order valence-electron chi connectivity index (χ0n) is 29.1. The summed E-state index contributed by atoms with van der Waals surface area (Å²) in [5.74, 6) is 0.350. The van der Waals surface area contributed by atoms with Gasteiger partial charge in [0.2, 0.25) is 11.8 Å². The molecule has 278 valence electrons. The maximum atomic E-state index is 13.4. The number of hydrogen-bond donors (Lipinski definition) is 1. The largest absolute Gasteiger partial charge is 0.756 e. The summed E-state index contributed by atoms with van der Waals surface area (Å²) in [5, 5.41) is 19.0. The van der Waals surface area contributed by atoms with Crippen LogP contribution in [0, 0.1) is 22.7 Å². The van der Waals surface area contributed by atoms with Crippen LogP contribution in [0.2, 0.25) is 0 Å². The van der Waals surface area contributed by atoms with Crippen molar-refractivity contribution < 1.29 is 56.1 Å². The van der Waals surface area contributed by atoms with Gasteiger partial charge in [-0.3, -0.25) is 23.2 Å². The number of carbonyl (C=O) groups is 2. The number of ether oxygens (including phenoxy) is 2. The van der Waals surface area contributed by atoms with Gasteiger partial charge in [-0.1, -0.05) is 0 Å². The summed E-state index contributed by atoms with van der Waals surface area (Å²) in [5.41, 5.74) is -1.14. The predicted octanol–water partition coefficient (Wildman–Crippen LogP) is 4.17. The first-order valence-electron chi connectivity index (χ1n) is 16.8. The SMILES string of the molecule is CC1(C)Oc2ccc(C#N)cc2[C@H](N2CCCC2=O)[C@H]1OP(=O)([O-])OCCOP(=O)(O)O[C@@H]1[C@@H](N2CCCC2=O)c2cc(C#N)ccc2OC1(C)C. The number of nitrogens with zero attached hydrogens (tertiary/aromatic N) is 4. The van der Waals surface area contributed by atoms with E-state index in [2.05, 4.69) is 6.07 Å². The molecule has 16 nitrogen and oxygen atoms in total. The Hall–Kier alpha value is -3.82. The van der Waals surface area contributed by atoms with Crippen molar-refractivity contribution in [3.05, 3.63) is 58.7 Å². The average Bonchev–Trinajstić information content (AvgIpc) is 3.70. The number of benzene rings is 2. The molecule has 0 aromatic heterocycles. The molecule has 1 N–H and O–H groups in total. The van der Waals surface area contributed by atoms with E-state index < -0.39 is 64.4 Å². The molecule has 2 amide bonds. The summed E-state index contributed by atoms with van der Waals surface area (Å²) in [6.07, 6.45) is -0.899. The molecule has 2 fully saturated rings. The van der Waals surface area contributed by atoms with E-state index in [0.29, 0.717) is 54.1 Å². The van der Waals surface area contributed by atoms with E-state index in [0.717, 1.165) is 0 Å². The van der Waals surface area contributed by atoms with Gasteiger partial charge in [0, 0.05) is 37.1 Å². The van der Waals surface area contributed by atoms with Crippen LogP contribution in [-0.4, -0.2) is 76.2 Å². The van der Waals surface area contributed by atoms with E-state index in [1.165, 1.54) is 15.9 Å². The zero-order valence-corrected chi connectivity index (χ0v) is 30.8. The van der Waals surface area contributed by atoms with E-state index in [9.17, 15) is 39.0 Å². The summed E-state index contributed by atoms with van der Waals surface area (Å²) < 4.78 is 60.3. The van der Waals surface area contributed by atoms with Gasteiger partial charge in [0.05, 0.1) is 48.6 Å². The molecule has 0 saturated carbocycles. The Morgan fingerprint density at radius 2 is 1.25 bits per heavy atom. The molecule has 2 aromatic carbocycles. The highest BCUT2D eigenvalue weighted by Gasteiger charge is 2.53. The predicted molar refractivity (Wildman–Crippen MR) is 178 cm³/mol. The van der Waals surface area contributed by atoms with Crippen LogP contribution in [0.4, 0.5) is 0 Å². The fourth-order valence-electron chi connectivity index (χ4n) is 7.26. The number of rotatable bonds is 11. The molecule has 0 bridgehead atoms. The molecule has 2 saturated heterocycles. The second-order valence-electron chi connectivity index (χ2n) is 14.0. The number of phosphoric acid groups is 2. The van der Waals surface area contributed by atoms with Gasteiger partial charge in [-0.15, -0.1) is 0 Å². The van der Waals surface area contributed by atoms with E-state index in [1.807, 2.05) is 6.07 Å². The lowest BCUT2D eigenvalue weighted by molar-refractivity contribution is -0.240. The Bertz CT molecular complexity index is 1800. The van der Waals surface area contributed by atoms with Crippen molar-refractivity contribution in [2.45, 2.75) is 88.9 Å². The first-order valence-corrected chi connectivity index (χ1v) is 19.8. The van der Waals surface area contributed by atoms with Gasteiger partial charge in [-0.25, -0.2) is 4.57 Å². The lowest BCUT2D eigenvalue weighted by atomic mass is 9.85. The summed E-state index contributed by atoms with van der Waals surface area (Å²) in [4.78, 5) is 53.0. The second-order valence-corrected chi connectivity index (χ2v) is 16.8. The van der Waals surface area contributed by atoms with Crippen LogP contribution in [0.25, 0.3) is 0 Å². The topological polar surface area (TPSA) is 221 Å². The second kappa shape index (κ2) is 14.2. The molecule has 0 radical (unpaired) electrons. The highest BCUT2D eigenvalue weighted by molar-refractivity contribution is 7.47. The molecule has 6 atom stereocenters. The van der Waals surface area contributed by atoms with Gasteiger partial charge < -0.3 is 38.1 Å². The highest BCUT2D eigenvalue weighted by atomic mass is 31.2. The zero-order chi connectivity index (χ0) is 37.6. The molecule has 52 heavy (non-hydrogen) atoms. The van der Waals surface area contributed by atoms with Crippen LogP contribution in [0.5, 0.6) is 11.5 Å². The third kappa shape index (κ3) is 7.63. The maximum absolute atomic E-state index is 13.4. The van der Waals surface area contributed by atoms with Gasteiger partial charge in [-0.05, 0) is 76.9 Å². The number of amides is 2. The standard InChI is InChI=1S/C34H40N4O12P2/c1-33(2)31(29(37-13-5-7-27(37)39)23-17-21(19-35)9-11-25(23)47-33)49-51(41,42)45-15-16-46-52(43,44)50-32-30(38-14-6-8-28(38)40)24-18-22(20-36)10-12-26(24)48-34(32,3)4/h9-12,17-18,29-32H,5-8,13-16H2,1-4H3,(H,41,42)(H,43,44)/p-1/t29-,30-,31+,32+/m0/s1. The van der Waals surface area contributed by atoms with Crippen molar-refractivity contribution in [3.8, 4) is 23.6 Å². The number of hydrogen-bond acceptors (Lipinski definition) is 13. The number of nitriles is 2.